The van der Waals surface area contributed by atoms with Crippen molar-refractivity contribution in [2.24, 2.45) is 0 Å². The maximum absolute atomic E-state index is 2.60. The van der Waals surface area contributed by atoms with Crippen LogP contribution < -0.4 is 26.2 Å². The molecule has 0 amide bonds. The van der Waals surface area contributed by atoms with E-state index in [2.05, 4.69) is 222 Å². The molecule has 0 saturated carbocycles. The second-order valence-corrected chi connectivity index (χ2v) is 20.9. The highest BCUT2D eigenvalue weighted by molar-refractivity contribution is 7.00. The average Bonchev–Trinajstić information content (AvgIpc) is 3.12. The van der Waals surface area contributed by atoms with E-state index < -0.39 is 0 Å². The van der Waals surface area contributed by atoms with Gasteiger partial charge in [0.25, 0.3) is 6.71 Å². The first-order valence-corrected chi connectivity index (χ1v) is 21.0. The number of nitrogens with zero attached hydrogens (tertiary/aromatic N) is 2. The van der Waals surface area contributed by atoms with E-state index >= 15 is 0 Å². The van der Waals surface area contributed by atoms with E-state index in [9.17, 15) is 0 Å². The highest BCUT2D eigenvalue weighted by Gasteiger charge is 2.44. The number of anilines is 6. The molecule has 0 atom stereocenters. The quantitative estimate of drug-likeness (QED) is 0.166. The van der Waals surface area contributed by atoms with Crippen LogP contribution >= 0.6 is 0 Å². The van der Waals surface area contributed by atoms with Crippen molar-refractivity contribution in [1.29, 1.82) is 0 Å². The molecule has 8 rings (SSSR count). The molecule has 0 aromatic heterocycles. The van der Waals surface area contributed by atoms with Crippen LogP contribution in [0.4, 0.5) is 34.1 Å². The second kappa shape index (κ2) is 13.3. The lowest BCUT2D eigenvalue weighted by molar-refractivity contribution is 0.589. The molecule has 290 valence electrons. The predicted octanol–water partition coefficient (Wildman–Crippen LogP) is 13.2. The Morgan fingerprint density at radius 2 is 0.754 bits per heavy atom. The number of fused-ring (bicyclic) bond motifs is 4. The fourth-order valence-corrected chi connectivity index (χ4v) is 9.12. The Morgan fingerprint density at radius 1 is 0.386 bits per heavy atom. The van der Waals surface area contributed by atoms with Crippen LogP contribution in [0, 0.1) is 13.8 Å². The molecular formula is C54H61BN2. The number of aryl methyl sites for hydroxylation is 2. The monoisotopic (exact) mass is 748 g/mol. The maximum Gasteiger partial charge on any atom is 0.252 e. The molecule has 6 aromatic rings. The van der Waals surface area contributed by atoms with Gasteiger partial charge in [0.1, 0.15) is 0 Å². The molecule has 6 aromatic carbocycles. The summed E-state index contributed by atoms with van der Waals surface area (Å²) in [5.41, 5.74) is 22.0. The van der Waals surface area contributed by atoms with E-state index in [1.807, 2.05) is 0 Å². The zero-order valence-electron chi connectivity index (χ0n) is 36.9. The summed E-state index contributed by atoms with van der Waals surface area (Å²) in [6, 6.07) is 45.0. The van der Waals surface area contributed by atoms with Crippen LogP contribution in [0.15, 0.2) is 115 Å². The highest BCUT2D eigenvalue weighted by Crippen LogP contribution is 2.48. The van der Waals surface area contributed by atoms with Gasteiger partial charge in [0.15, 0.2) is 0 Å². The van der Waals surface area contributed by atoms with Crippen LogP contribution in [0.1, 0.15) is 116 Å². The van der Waals surface area contributed by atoms with Crippen molar-refractivity contribution in [2.45, 2.75) is 119 Å². The topological polar surface area (TPSA) is 6.48 Å². The molecule has 57 heavy (non-hydrogen) atoms. The Hall–Kier alpha value is -5.02. The summed E-state index contributed by atoms with van der Waals surface area (Å²) in [7, 11) is 0. The van der Waals surface area contributed by atoms with Gasteiger partial charge in [-0.15, -0.1) is 0 Å². The minimum absolute atomic E-state index is 0.00251. The van der Waals surface area contributed by atoms with Crippen molar-refractivity contribution in [3.8, 4) is 11.1 Å². The summed E-state index contributed by atoms with van der Waals surface area (Å²) in [5, 5.41) is 0. The molecule has 2 nitrogen and oxygen atoms in total. The lowest BCUT2D eigenvalue weighted by atomic mass is 9.33. The summed E-state index contributed by atoms with van der Waals surface area (Å²) >= 11 is 0. The first-order valence-electron chi connectivity index (χ1n) is 21.0. The third-order valence-corrected chi connectivity index (χ3v) is 12.5. The molecule has 0 saturated heterocycles. The molecule has 0 radical (unpaired) electrons. The van der Waals surface area contributed by atoms with E-state index in [1.165, 1.54) is 95.0 Å². The molecule has 2 aliphatic heterocycles. The molecule has 0 N–H and O–H groups in total. The van der Waals surface area contributed by atoms with Gasteiger partial charge in [0, 0.05) is 34.1 Å². The molecule has 0 aliphatic carbocycles. The van der Waals surface area contributed by atoms with Crippen LogP contribution in [0.3, 0.4) is 0 Å². The lowest BCUT2D eigenvalue weighted by Crippen LogP contribution is -2.61. The zero-order valence-corrected chi connectivity index (χ0v) is 36.9. The minimum Gasteiger partial charge on any atom is -0.311 e. The van der Waals surface area contributed by atoms with E-state index in [4.69, 9.17) is 0 Å². The van der Waals surface area contributed by atoms with Crippen LogP contribution in [0.2, 0.25) is 0 Å². The fourth-order valence-electron chi connectivity index (χ4n) is 9.12. The van der Waals surface area contributed by atoms with Crippen LogP contribution in [0.5, 0.6) is 0 Å². The summed E-state index contributed by atoms with van der Waals surface area (Å²) in [5.74, 6) is 0. The maximum atomic E-state index is 2.60. The van der Waals surface area contributed by atoms with Crippen molar-refractivity contribution >= 4 is 57.2 Å². The van der Waals surface area contributed by atoms with Gasteiger partial charge in [0.05, 0.1) is 0 Å². The molecule has 0 unspecified atom stereocenters. The van der Waals surface area contributed by atoms with Crippen molar-refractivity contribution < 1.29 is 0 Å². The Bertz CT molecular complexity index is 2380. The van der Waals surface area contributed by atoms with E-state index in [1.54, 1.807) is 0 Å². The first-order chi connectivity index (χ1) is 26.6. The van der Waals surface area contributed by atoms with Gasteiger partial charge in [-0.2, -0.15) is 0 Å². The molecule has 2 heterocycles. The Balaban J connectivity index is 1.55. The molecule has 0 bridgehead atoms. The van der Waals surface area contributed by atoms with Crippen molar-refractivity contribution in [1.82, 2.24) is 0 Å². The van der Waals surface area contributed by atoms with E-state index in [-0.39, 0.29) is 28.4 Å². The number of hydrogen-bond acceptors (Lipinski definition) is 2. The summed E-state index contributed by atoms with van der Waals surface area (Å²) in [6.45, 7) is 32.5. The normalized spacial score (nSPS) is 14.0. The van der Waals surface area contributed by atoms with Crippen LogP contribution in [-0.4, -0.2) is 6.71 Å². The standard InChI is InChI=1S/C54H61BN2/c1-34-18-15-19-35(2)49(34)36-28-47-50-48(29-36)57(42-23-17-21-38(31-42)52(6,7)8)46-33-40(54(12,13)14)25-27-44(46)55(50)43-26-24-39(53(9,10)11)32-45(43)56(47)41-22-16-20-37(30-41)51(3,4)5/h15-33H,1-14H3. The van der Waals surface area contributed by atoms with E-state index in [0.29, 0.717) is 0 Å². The van der Waals surface area contributed by atoms with Crippen molar-refractivity contribution in [2.75, 3.05) is 9.80 Å². The average molecular weight is 749 g/mol. The largest absolute Gasteiger partial charge is 0.311 e. The smallest absolute Gasteiger partial charge is 0.252 e. The summed E-state index contributed by atoms with van der Waals surface area (Å²) in [4.78, 5) is 5.20. The van der Waals surface area contributed by atoms with Gasteiger partial charge in [-0.25, -0.2) is 0 Å². The second-order valence-electron chi connectivity index (χ2n) is 20.9. The van der Waals surface area contributed by atoms with Crippen molar-refractivity contribution in [3.05, 3.63) is 149 Å². The van der Waals surface area contributed by atoms with Gasteiger partial charge in [-0.1, -0.05) is 150 Å². The van der Waals surface area contributed by atoms with Gasteiger partial charge in [-0.05, 0) is 145 Å². The summed E-state index contributed by atoms with van der Waals surface area (Å²) < 4.78 is 0. The van der Waals surface area contributed by atoms with Gasteiger partial charge in [-0.3, -0.25) is 0 Å². The third kappa shape index (κ3) is 6.71. The summed E-state index contributed by atoms with van der Waals surface area (Å²) in [6.07, 6.45) is 0. The van der Waals surface area contributed by atoms with E-state index in [0.717, 1.165) is 0 Å². The van der Waals surface area contributed by atoms with Crippen molar-refractivity contribution in [3.63, 3.8) is 0 Å². The number of hydrogen-bond donors (Lipinski definition) is 0. The van der Waals surface area contributed by atoms with Gasteiger partial charge >= 0.3 is 0 Å². The fraction of sp³-hybridized carbons (Fsp3) is 0.333. The lowest BCUT2D eigenvalue weighted by Gasteiger charge is -2.45. The van der Waals surface area contributed by atoms with Gasteiger partial charge in [0.2, 0.25) is 0 Å². The zero-order chi connectivity index (χ0) is 41.0. The SMILES string of the molecule is Cc1cccc(C)c1-c1cc2c3c(c1)N(c1cccc(C(C)(C)C)c1)c1cc(C(C)(C)C)ccc1B3c1ccc(C(C)(C)C)cc1N2c1cccc(C(C)(C)C)c1. The highest BCUT2D eigenvalue weighted by atomic mass is 15.2. The number of benzene rings is 6. The Labute approximate surface area is 344 Å². The predicted molar refractivity (Wildman–Crippen MR) is 250 cm³/mol. The molecule has 0 fully saturated rings. The van der Waals surface area contributed by atoms with Gasteiger partial charge < -0.3 is 9.80 Å². The first kappa shape index (κ1) is 38.8. The van der Waals surface area contributed by atoms with Crippen LogP contribution in [0.25, 0.3) is 11.1 Å². The Morgan fingerprint density at radius 3 is 1.14 bits per heavy atom. The molecule has 2 aliphatic rings. The third-order valence-electron chi connectivity index (χ3n) is 12.5. The molecular weight excluding hydrogens is 687 g/mol. The number of rotatable bonds is 3. The van der Waals surface area contributed by atoms with Crippen LogP contribution in [-0.2, 0) is 21.7 Å². The molecule has 3 heteroatoms. The Kier molecular flexibility index (Phi) is 9.04. The molecule has 0 spiro atoms. The minimum atomic E-state index is -0.0134.